The fourth-order valence-electron chi connectivity index (χ4n) is 1.55. The molecule has 0 unspecified atom stereocenters. The second kappa shape index (κ2) is 5.14. The lowest BCUT2D eigenvalue weighted by molar-refractivity contribution is 0.0690. The molecule has 0 fully saturated rings. The SMILES string of the molecule is Cc1ncc(CN(C)c2cccc(C(=O)O)n2)s1. The van der Waals surface area contributed by atoms with Gasteiger partial charge in [0.15, 0.2) is 5.69 Å². The van der Waals surface area contributed by atoms with E-state index >= 15 is 0 Å². The number of hydrogen-bond acceptors (Lipinski definition) is 5. The van der Waals surface area contributed by atoms with E-state index in [9.17, 15) is 4.79 Å². The van der Waals surface area contributed by atoms with Crippen molar-refractivity contribution in [1.82, 2.24) is 9.97 Å². The van der Waals surface area contributed by atoms with Crippen LogP contribution in [0.5, 0.6) is 0 Å². The topological polar surface area (TPSA) is 66.3 Å². The first-order chi connectivity index (χ1) is 8.56. The third-order valence-corrected chi connectivity index (χ3v) is 3.30. The first-order valence-corrected chi connectivity index (χ1v) is 6.20. The molecule has 5 nitrogen and oxygen atoms in total. The van der Waals surface area contributed by atoms with Gasteiger partial charge >= 0.3 is 5.97 Å². The Labute approximate surface area is 109 Å². The average molecular weight is 263 g/mol. The third kappa shape index (κ3) is 2.84. The lowest BCUT2D eigenvalue weighted by Gasteiger charge is -2.17. The van der Waals surface area contributed by atoms with E-state index in [2.05, 4.69) is 9.97 Å². The lowest BCUT2D eigenvalue weighted by atomic mass is 10.3. The molecule has 18 heavy (non-hydrogen) atoms. The van der Waals surface area contributed by atoms with Crippen LogP contribution in [0.4, 0.5) is 5.82 Å². The van der Waals surface area contributed by atoms with Gasteiger partial charge in [0, 0.05) is 18.1 Å². The van der Waals surface area contributed by atoms with Gasteiger partial charge in [-0.15, -0.1) is 11.3 Å². The van der Waals surface area contributed by atoms with E-state index in [0.717, 1.165) is 9.88 Å². The summed E-state index contributed by atoms with van der Waals surface area (Å²) in [4.78, 5) is 22.1. The molecule has 2 aromatic rings. The van der Waals surface area contributed by atoms with Crippen molar-refractivity contribution in [1.29, 1.82) is 0 Å². The van der Waals surface area contributed by atoms with Crippen LogP contribution in [0.25, 0.3) is 0 Å². The molecule has 0 atom stereocenters. The Hall–Kier alpha value is -1.95. The minimum atomic E-state index is -1.01. The number of aromatic nitrogens is 2. The van der Waals surface area contributed by atoms with Crippen molar-refractivity contribution in [3.8, 4) is 0 Å². The van der Waals surface area contributed by atoms with Gasteiger partial charge in [0.25, 0.3) is 0 Å². The molecular weight excluding hydrogens is 250 g/mol. The van der Waals surface area contributed by atoms with Gasteiger partial charge in [0.2, 0.25) is 0 Å². The van der Waals surface area contributed by atoms with E-state index in [1.54, 1.807) is 23.5 Å². The summed E-state index contributed by atoms with van der Waals surface area (Å²) in [6.07, 6.45) is 1.83. The van der Waals surface area contributed by atoms with Gasteiger partial charge < -0.3 is 10.0 Å². The first kappa shape index (κ1) is 12.5. The summed E-state index contributed by atoms with van der Waals surface area (Å²) < 4.78 is 0. The average Bonchev–Trinajstić information content (AvgIpc) is 2.75. The Balaban J connectivity index is 2.15. The number of anilines is 1. The second-order valence-corrected chi connectivity index (χ2v) is 5.21. The van der Waals surface area contributed by atoms with Gasteiger partial charge in [-0.25, -0.2) is 14.8 Å². The van der Waals surface area contributed by atoms with E-state index in [-0.39, 0.29) is 5.69 Å². The standard InChI is InChI=1S/C12H13N3O2S/c1-8-13-6-9(18-8)7-15(2)11-5-3-4-10(14-11)12(16)17/h3-6H,7H2,1-2H3,(H,16,17). The van der Waals surface area contributed by atoms with Crippen molar-refractivity contribution < 1.29 is 9.90 Å². The zero-order valence-electron chi connectivity index (χ0n) is 10.1. The minimum absolute atomic E-state index is 0.0554. The summed E-state index contributed by atoms with van der Waals surface area (Å²) in [7, 11) is 1.88. The van der Waals surface area contributed by atoms with Crippen molar-refractivity contribution in [2.75, 3.05) is 11.9 Å². The number of aryl methyl sites for hydroxylation is 1. The largest absolute Gasteiger partial charge is 0.477 e. The highest BCUT2D eigenvalue weighted by Gasteiger charge is 2.09. The Bertz CT molecular complexity index is 568. The molecule has 94 valence electrons. The minimum Gasteiger partial charge on any atom is -0.477 e. The molecule has 0 aliphatic heterocycles. The van der Waals surface area contributed by atoms with Crippen LogP contribution in [0.15, 0.2) is 24.4 Å². The highest BCUT2D eigenvalue weighted by molar-refractivity contribution is 7.11. The third-order valence-electron chi connectivity index (χ3n) is 2.41. The number of rotatable bonds is 4. The van der Waals surface area contributed by atoms with Gasteiger partial charge in [-0.2, -0.15) is 0 Å². The molecule has 2 heterocycles. The Morgan fingerprint density at radius 2 is 2.28 bits per heavy atom. The number of aromatic carboxylic acids is 1. The van der Waals surface area contributed by atoms with Crippen LogP contribution in [0.2, 0.25) is 0 Å². The summed E-state index contributed by atoms with van der Waals surface area (Å²) >= 11 is 1.62. The van der Waals surface area contributed by atoms with Gasteiger partial charge in [0.1, 0.15) is 5.82 Å². The van der Waals surface area contributed by atoms with E-state index in [1.165, 1.54) is 6.07 Å². The molecule has 0 aliphatic rings. The second-order valence-electron chi connectivity index (χ2n) is 3.89. The first-order valence-electron chi connectivity index (χ1n) is 5.39. The number of pyridine rings is 1. The highest BCUT2D eigenvalue weighted by atomic mass is 32.1. The molecule has 2 aromatic heterocycles. The Morgan fingerprint density at radius 3 is 2.89 bits per heavy atom. The predicted molar refractivity (Wildman–Crippen MR) is 70.2 cm³/mol. The molecule has 0 bridgehead atoms. The van der Waals surface area contributed by atoms with Gasteiger partial charge in [-0.3, -0.25) is 0 Å². The molecule has 1 N–H and O–H groups in total. The Kier molecular flexibility index (Phi) is 3.57. The van der Waals surface area contributed by atoms with E-state index in [1.807, 2.05) is 25.1 Å². The Morgan fingerprint density at radius 1 is 1.50 bits per heavy atom. The summed E-state index contributed by atoms with van der Waals surface area (Å²) in [5, 5.41) is 9.91. The molecule has 2 rings (SSSR count). The normalized spacial score (nSPS) is 10.3. The molecule has 6 heteroatoms. The van der Waals surface area contributed by atoms with Crippen LogP contribution in [-0.2, 0) is 6.54 Å². The fourth-order valence-corrected chi connectivity index (χ4v) is 2.40. The van der Waals surface area contributed by atoms with Gasteiger partial charge in [-0.05, 0) is 19.1 Å². The van der Waals surface area contributed by atoms with Gasteiger partial charge in [0.05, 0.1) is 11.6 Å². The zero-order chi connectivity index (χ0) is 13.1. The van der Waals surface area contributed by atoms with Crippen molar-refractivity contribution in [3.63, 3.8) is 0 Å². The summed E-state index contributed by atoms with van der Waals surface area (Å²) in [5.74, 6) is -0.375. The number of carbonyl (C=O) groups is 1. The van der Waals surface area contributed by atoms with Crippen molar-refractivity contribution >= 4 is 23.1 Å². The maximum absolute atomic E-state index is 10.8. The molecule has 0 saturated heterocycles. The van der Waals surface area contributed by atoms with Crippen LogP contribution in [-0.4, -0.2) is 28.1 Å². The summed E-state index contributed by atoms with van der Waals surface area (Å²) in [6, 6.07) is 4.97. The molecule has 0 amide bonds. The molecular formula is C12H13N3O2S. The summed E-state index contributed by atoms with van der Waals surface area (Å²) in [5.41, 5.74) is 0.0554. The van der Waals surface area contributed by atoms with Crippen LogP contribution in [0.3, 0.4) is 0 Å². The van der Waals surface area contributed by atoms with Crippen LogP contribution in [0.1, 0.15) is 20.4 Å². The maximum atomic E-state index is 10.8. The summed E-state index contributed by atoms with van der Waals surface area (Å²) in [6.45, 7) is 2.62. The van der Waals surface area contributed by atoms with Gasteiger partial charge in [-0.1, -0.05) is 6.07 Å². The van der Waals surface area contributed by atoms with Crippen LogP contribution < -0.4 is 4.90 Å². The van der Waals surface area contributed by atoms with E-state index in [0.29, 0.717) is 12.4 Å². The van der Waals surface area contributed by atoms with Crippen molar-refractivity contribution in [2.24, 2.45) is 0 Å². The van der Waals surface area contributed by atoms with E-state index in [4.69, 9.17) is 5.11 Å². The van der Waals surface area contributed by atoms with Crippen molar-refractivity contribution in [3.05, 3.63) is 40.0 Å². The quantitative estimate of drug-likeness (QED) is 0.915. The van der Waals surface area contributed by atoms with Crippen LogP contribution >= 0.6 is 11.3 Å². The lowest BCUT2D eigenvalue weighted by Crippen LogP contribution is -2.18. The molecule has 0 saturated carbocycles. The van der Waals surface area contributed by atoms with E-state index < -0.39 is 5.97 Å². The molecule has 0 aliphatic carbocycles. The van der Waals surface area contributed by atoms with Crippen molar-refractivity contribution in [2.45, 2.75) is 13.5 Å². The fraction of sp³-hybridized carbons (Fsp3) is 0.250. The van der Waals surface area contributed by atoms with Crippen LogP contribution in [0, 0.1) is 6.92 Å². The number of thiazole rings is 1. The smallest absolute Gasteiger partial charge is 0.354 e. The molecule has 0 aromatic carbocycles. The maximum Gasteiger partial charge on any atom is 0.354 e. The monoisotopic (exact) mass is 263 g/mol. The number of carboxylic acids is 1. The highest BCUT2D eigenvalue weighted by Crippen LogP contribution is 2.17. The number of nitrogens with zero attached hydrogens (tertiary/aromatic N) is 3. The number of carboxylic acid groups (broad SMARTS) is 1. The zero-order valence-corrected chi connectivity index (χ0v) is 10.9. The number of hydrogen-bond donors (Lipinski definition) is 1. The predicted octanol–water partition coefficient (Wildman–Crippen LogP) is 2.18. The molecule has 0 spiro atoms. The molecule has 0 radical (unpaired) electrons.